The highest BCUT2D eigenvalue weighted by Gasteiger charge is 2.17. The van der Waals surface area contributed by atoms with Gasteiger partial charge in [-0.2, -0.15) is 0 Å². The topological polar surface area (TPSA) is 98.2 Å². The fourth-order valence-electron chi connectivity index (χ4n) is 0.188. The monoisotopic (exact) mass is 243 g/mol. The number of nitrogens with two attached hydrogens (primary N) is 2. The SMILES string of the molecule is NC(=O)C(N)C(=O)NI. The molecule has 0 aliphatic rings. The van der Waals surface area contributed by atoms with Gasteiger partial charge in [0.15, 0.2) is 6.04 Å². The summed E-state index contributed by atoms with van der Waals surface area (Å²) in [4.78, 5) is 20.5. The van der Waals surface area contributed by atoms with Crippen LogP contribution in [-0.4, -0.2) is 17.9 Å². The second-order valence-corrected chi connectivity index (χ2v) is 1.88. The van der Waals surface area contributed by atoms with Crippen LogP contribution in [0.2, 0.25) is 0 Å². The molecule has 5 nitrogen and oxygen atoms in total. The molecule has 0 spiro atoms. The fraction of sp³-hybridized carbons (Fsp3) is 0.333. The second-order valence-electron chi connectivity index (χ2n) is 1.34. The average molecular weight is 243 g/mol. The molecule has 1 atom stereocenters. The molecular weight excluding hydrogens is 237 g/mol. The summed E-state index contributed by atoms with van der Waals surface area (Å²) in [6.45, 7) is 0. The van der Waals surface area contributed by atoms with Crippen LogP contribution < -0.4 is 15.0 Å². The van der Waals surface area contributed by atoms with Crippen LogP contribution in [-0.2, 0) is 9.59 Å². The molecule has 52 valence electrons. The molecule has 5 N–H and O–H groups in total. The Morgan fingerprint density at radius 2 is 2.00 bits per heavy atom. The molecule has 9 heavy (non-hydrogen) atoms. The molecule has 0 aliphatic carbocycles. The third-order valence-corrected chi connectivity index (χ3v) is 1.21. The lowest BCUT2D eigenvalue weighted by Gasteiger charge is -2.01. The first-order chi connectivity index (χ1) is 4.09. The largest absolute Gasteiger partial charge is 0.368 e. The van der Waals surface area contributed by atoms with Gasteiger partial charge < -0.3 is 11.5 Å². The summed E-state index contributed by atoms with van der Waals surface area (Å²) in [6.07, 6.45) is 0. The predicted molar refractivity (Wildman–Crippen MR) is 39.3 cm³/mol. The number of carbonyl (C=O) groups is 2. The highest BCUT2D eigenvalue weighted by Crippen LogP contribution is 1.78. The van der Waals surface area contributed by atoms with Crippen LogP contribution in [0.15, 0.2) is 0 Å². The summed E-state index contributed by atoms with van der Waals surface area (Å²) in [5.41, 5.74) is 9.66. The molecule has 6 heteroatoms. The molecule has 0 aliphatic heterocycles. The van der Waals surface area contributed by atoms with Gasteiger partial charge in [-0.1, -0.05) is 0 Å². The van der Waals surface area contributed by atoms with Crippen LogP contribution in [0.1, 0.15) is 0 Å². The van der Waals surface area contributed by atoms with Gasteiger partial charge in [-0.15, -0.1) is 0 Å². The lowest BCUT2D eigenvalue weighted by Crippen LogP contribution is -2.46. The summed E-state index contributed by atoms with van der Waals surface area (Å²) < 4.78 is 2.15. The Hall–Kier alpha value is -0.370. The third-order valence-electron chi connectivity index (χ3n) is 0.682. The molecule has 1 unspecified atom stereocenters. The van der Waals surface area contributed by atoms with Gasteiger partial charge in [-0.3, -0.25) is 13.1 Å². The van der Waals surface area contributed by atoms with Gasteiger partial charge in [0.25, 0.3) is 5.91 Å². The van der Waals surface area contributed by atoms with Crippen LogP contribution in [0.3, 0.4) is 0 Å². The number of hydrogen-bond donors (Lipinski definition) is 3. The minimum atomic E-state index is -1.23. The molecule has 0 bridgehead atoms. The van der Waals surface area contributed by atoms with E-state index in [1.54, 1.807) is 22.9 Å². The first-order valence-electron chi connectivity index (χ1n) is 2.05. The van der Waals surface area contributed by atoms with Crippen molar-refractivity contribution >= 4 is 34.7 Å². The van der Waals surface area contributed by atoms with Crippen molar-refractivity contribution in [2.75, 3.05) is 0 Å². The minimum absolute atomic E-state index is 0.580. The first-order valence-corrected chi connectivity index (χ1v) is 3.13. The summed E-state index contributed by atoms with van der Waals surface area (Å²) in [7, 11) is 0. The molecule has 0 aromatic rings. The van der Waals surface area contributed by atoms with Crippen LogP contribution >= 0.6 is 22.9 Å². The number of nitrogens with one attached hydrogen (secondary N) is 1. The van der Waals surface area contributed by atoms with E-state index in [1.807, 2.05) is 0 Å². The molecule has 2 amide bonds. The summed E-state index contributed by atoms with van der Waals surface area (Å²) in [6, 6.07) is -1.23. The number of halogens is 1. The Bertz CT molecular complexity index is 137. The van der Waals surface area contributed by atoms with Gasteiger partial charge in [0, 0.05) is 0 Å². The van der Waals surface area contributed by atoms with Crippen molar-refractivity contribution in [3.8, 4) is 0 Å². The van der Waals surface area contributed by atoms with Crippen molar-refractivity contribution in [3.05, 3.63) is 0 Å². The smallest absolute Gasteiger partial charge is 0.255 e. The molecule has 0 saturated heterocycles. The molecule has 0 heterocycles. The van der Waals surface area contributed by atoms with E-state index in [4.69, 9.17) is 5.73 Å². The molecule has 0 fully saturated rings. The maximum absolute atomic E-state index is 10.4. The van der Waals surface area contributed by atoms with Crippen LogP contribution in [0, 0.1) is 0 Å². The zero-order valence-corrected chi connectivity index (χ0v) is 6.58. The van der Waals surface area contributed by atoms with Crippen molar-refractivity contribution in [3.63, 3.8) is 0 Å². The number of carbonyl (C=O) groups excluding carboxylic acids is 2. The molecule has 0 aromatic heterocycles. The Morgan fingerprint density at radius 3 is 2.11 bits per heavy atom. The molecular formula is C3H6IN3O2. The molecule has 0 aromatic carbocycles. The average Bonchev–Trinajstić information content (AvgIpc) is 1.84. The molecule has 0 rings (SSSR count). The van der Waals surface area contributed by atoms with E-state index in [0.717, 1.165) is 0 Å². The lowest BCUT2D eigenvalue weighted by molar-refractivity contribution is -0.128. The van der Waals surface area contributed by atoms with Crippen molar-refractivity contribution in [2.45, 2.75) is 6.04 Å². The van der Waals surface area contributed by atoms with E-state index in [0.29, 0.717) is 0 Å². The van der Waals surface area contributed by atoms with Crippen molar-refractivity contribution in [1.82, 2.24) is 3.53 Å². The van der Waals surface area contributed by atoms with Crippen LogP contribution in [0.5, 0.6) is 0 Å². The van der Waals surface area contributed by atoms with Crippen LogP contribution in [0.4, 0.5) is 0 Å². The Balaban J connectivity index is 3.88. The standard InChI is InChI=1S/C3H6IN3O2/c4-7-3(9)1(5)2(6)8/h1H,5H2,(H2,6,8)(H,7,9). The lowest BCUT2D eigenvalue weighted by atomic mass is 10.3. The minimum Gasteiger partial charge on any atom is -0.368 e. The predicted octanol–water partition coefficient (Wildman–Crippen LogP) is -1.73. The Labute approximate surface area is 65.6 Å². The summed E-state index contributed by atoms with van der Waals surface area (Å²) in [5.74, 6) is -1.41. The van der Waals surface area contributed by atoms with Crippen molar-refractivity contribution < 1.29 is 9.59 Å². The van der Waals surface area contributed by atoms with Gasteiger partial charge in [-0.05, 0) is 0 Å². The van der Waals surface area contributed by atoms with Crippen LogP contribution in [0.25, 0.3) is 0 Å². The van der Waals surface area contributed by atoms with E-state index in [2.05, 4.69) is 9.26 Å². The van der Waals surface area contributed by atoms with E-state index < -0.39 is 17.9 Å². The first kappa shape index (κ1) is 8.63. The quantitative estimate of drug-likeness (QED) is 0.305. The van der Waals surface area contributed by atoms with E-state index in [9.17, 15) is 9.59 Å². The highest BCUT2D eigenvalue weighted by atomic mass is 127. The van der Waals surface area contributed by atoms with Gasteiger partial charge >= 0.3 is 0 Å². The fourth-order valence-corrected chi connectivity index (χ4v) is 0.523. The zero-order chi connectivity index (χ0) is 7.44. The molecule has 0 saturated carbocycles. The number of primary amides is 1. The Kier molecular flexibility index (Phi) is 3.47. The molecule has 0 radical (unpaired) electrons. The number of rotatable bonds is 2. The normalized spacial score (nSPS) is 12.2. The van der Waals surface area contributed by atoms with E-state index >= 15 is 0 Å². The maximum Gasteiger partial charge on any atom is 0.255 e. The van der Waals surface area contributed by atoms with Crippen molar-refractivity contribution in [1.29, 1.82) is 0 Å². The van der Waals surface area contributed by atoms with E-state index in [-0.39, 0.29) is 0 Å². The number of amides is 2. The zero-order valence-electron chi connectivity index (χ0n) is 4.43. The van der Waals surface area contributed by atoms with Gasteiger partial charge in [0.2, 0.25) is 5.91 Å². The van der Waals surface area contributed by atoms with Gasteiger partial charge in [-0.25, -0.2) is 0 Å². The third kappa shape index (κ3) is 2.61. The summed E-state index contributed by atoms with van der Waals surface area (Å²) in [5, 5.41) is 0. The van der Waals surface area contributed by atoms with Gasteiger partial charge in [0.05, 0.1) is 22.9 Å². The van der Waals surface area contributed by atoms with E-state index in [1.165, 1.54) is 0 Å². The van der Waals surface area contributed by atoms with Gasteiger partial charge in [0.1, 0.15) is 0 Å². The Morgan fingerprint density at radius 1 is 1.56 bits per heavy atom. The maximum atomic E-state index is 10.4. The van der Waals surface area contributed by atoms with Crippen molar-refractivity contribution in [2.24, 2.45) is 11.5 Å². The highest BCUT2D eigenvalue weighted by molar-refractivity contribution is 14.1. The number of hydrogen-bond acceptors (Lipinski definition) is 3. The second kappa shape index (κ2) is 3.62. The summed E-state index contributed by atoms with van der Waals surface area (Å²) >= 11 is 1.57.